The van der Waals surface area contributed by atoms with Gasteiger partial charge in [0.2, 0.25) is 0 Å². The minimum atomic E-state index is -2.57. The van der Waals surface area contributed by atoms with Gasteiger partial charge in [-0.1, -0.05) is 6.42 Å². The Bertz CT molecular complexity index is 313. The lowest BCUT2D eigenvalue weighted by Gasteiger charge is -2.20. The van der Waals surface area contributed by atoms with Crippen molar-refractivity contribution in [1.29, 1.82) is 0 Å². The molecule has 2 amide bonds. The van der Waals surface area contributed by atoms with Crippen LogP contribution in [0.5, 0.6) is 0 Å². The first-order chi connectivity index (χ1) is 8.41. The third-order valence-electron chi connectivity index (χ3n) is 3.25. The summed E-state index contributed by atoms with van der Waals surface area (Å²) in [6, 6.07) is -0.591. The molecule has 1 saturated carbocycles. The number of amides is 2. The first-order valence-corrected chi connectivity index (χ1v) is 5.91. The van der Waals surface area contributed by atoms with Gasteiger partial charge in [-0.05, 0) is 18.8 Å². The van der Waals surface area contributed by atoms with Crippen molar-refractivity contribution >= 4 is 12.0 Å². The summed E-state index contributed by atoms with van der Waals surface area (Å²) in [6.07, 6.45) is -0.387. The van der Waals surface area contributed by atoms with E-state index in [0.717, 1.165) is 17.7 Å². The Morgan fingerprint density at radius 3 is 2.67 bits per heavy atom. The van der Waals surface area contributed by atoms with E-state index in [9.17, 15) is 18.4 Å². The number of urea groups is 1. The summed E-state index contributed by atoms with van der Waals surface area (Å²) >= 11 is 0. The molecule has 7 heteroatoms. The van der Waals surface area contributed by atoms with Crippen molar-refractivity contribution in [2.24, 2.45) is 11.8 Å². The molecule has 1 aliphatic rings. The van der Waals surface area contributed by atoms with E-state index in [0.29, 0.717) is 6.42 Å². The van der Waals surface area contributed by atoms with Gasteiger partial charge in [-0.2, -0.15) is 0 Å². The molecule has 0 radical (unpaired) electrons. The number of hydrogen-bond acceptors (Lipinski definition) is 2. The zero-order chi connectivity index (χ0) is 13.7. The van der Waals surface area contributed by atoms with Crippen molar-refractivity contribution in [3.05, 3.63) is 0 Å². The predicted octanol–water partition coefficient (Wildman–Crippen LogP) is 1.39. The van der Waals surface area contributed by atoms with Crippen molar-refractivity contribution in [3.63, 3.8) is 0 Å². The topological polar surface area (TPSA) is 69.6 Å². The molecular weight excluding hydrogens is 246 g/mol. The maximum atomic E-state index is 12.1. The number of nitrogens with one attached hydrogen (secondary N) is 1. The van der Waals surface area contributed by atoms with Crippen molar-refractivity contribution in [3.8, 4) is 0 Å². The Kier molecular flexibility index (Phi) is 5.30. The number of carboxylic acids is 1. The average Bonchev–Trinajstić information content (AvgIpc) is 2.72. The number of nitrogens with zero attached hydrogens (tertiary/aromatic N) is 1. The van der Waals surface area contributed by atoms with Crippen molar-refractivity contribution in [2.75, 3.05) is 20.1 Å². The second-order valence-corrected chi connectivity index (χ2v) is 4.59. The highest BCUT2D eigenvalue weighted by atomic mass is 19.3. The molecular formula is C11H18F2N2O3. The summed E-state index contributed by atoms with van der Waals surface area (Å²) < 4.78 is 24.1. The molecule has 2 N–H and O–H groups in total. The number of hydrogen-bond donors (Lipinski definition) is 2. The molecule has 18 heavy (non-hydrogen) atoms. The maximum Gasteiger partial charge on any atom is 0.317 e. The lowest BCUT2D eigenvalue weighted by atomic mass is 9.96. The normalized spacial score (nSPS) is 23.1. The van der Waals surface area contributed by atoms with Gasteiger partial charge in [0.05, 0.1) is 12.5 Å². The predicted molar refractivity (Wildman–Crippen MR) is 60.5 cm³/mol. The van der Waals surface area contributed by atoms with E-state index < -0.39 is 30.9 Å². The second kappa shape index (κ2) is 6.51. The SMILES string of the molecule is CN(CC(F)F)C(=O)NCC1CCCC1C(=O)O. The number of alkyl halides is 2. The molecule has 0 saturated heterocycles. The van der Waals surface area contributed by atoms with Crippen LogP contribution in [0, 0.1) is 11.8 Å². The fourth-order valence-corrected chi connectivity index (χ4v) is 2.25. The molecule has 0 aromatic rings. The van der Waals surface area contributed by atoms with Crippen LogP contribution in [0.4, 0.5) is 13.6 Å². The van der Waals surface area contributed by atoms with Crippen LogP contribution in [0.2, 0.25) is 0 Å². The van der Waals surface area contributed by atoms with Crippen LogP contribution < -0.4 is 5.32 Å². The summed E-state index contributed by atoms with van der Waals surface area (Å²) in [6.45, 7) is -0.401. The van der Waals surface area contributed by atoms with E-state index >= 15 is 0 Å². The second-order valence-electron chi connectivity index (χ2n) is 4.59. The Labute approximate surface area is 104 Å². The molecule has 2 unspecified atom stereocenters. The lowest BCUT2D eigenvalue weighted by Crippen LogP contribution is -2.42. The van der Waals surface area contributed by atoms with Crippen LogP contribution in [-0.2, 0) is 4.79 Å². The fourth-order valence-electron chi connectivity index (χ4n) is 2.25. The number of rotatable bonds is 5. The van der Waals surface area contributed by atoms with E-state index in [1.54, 1.807) is 0 Å². The summed E-state index contributed by atoms with van der Waals surface area (Å²) in [4.78, 5) is 23.3. The monoisotopic (exact) mass is 264 g/mol. The molecule has 0 aromatic carbocycles. The molecule has 0 aromatic heterocycles. The molecule has 104 valence electrons. The summed E-state index contributed by atoms with van der Waals surface area (Å²) in [7, 11) is 1.28. The molecule has 1 fully saturated rings. The highest BCUT2D eigenvalue weighted by molar-refractivity contribution is 5.74. The molecule has 5 nitrogen and oxygen atoms in total. The number of carbonyl (C=O) groups excluding carboxylic acids is 1. The smallest absolute Gasteiger partial charge is 0.317 e. The van der Waals surface area contributed by atoms with Crippen molar-refractivity contribution in [1.82, 2.24) is 10.2 Å². The Hall–Kier alpha value is -1.40. The zero-order valence-electron chi connectivity index (χ0n) is 10.2. The number of carboxylic acid groups (broad SMARTS) is 1. The van der Waals surface area contributed by atoms with Gasteiger partial charge < -0.3 is 15.3 Å². The van der Waals surface area contributed by atoms with E-state index in [1.165, 1.54) is 7.05 Å². The van der Waals surface area contributed by atoms with Crippen LogP contribution >= 0.6 is 0 Å². The van der Waals surface area contributed by atoms with Gasteiger partial charge >= 0.3 is 12.0 Å². The van der Waals surface area contributed by atoms with E-state index in [4.69, 9.17) is 5.11 Å². The summed E-state index contributed by atoms with van der Waals surface area (Å²) in [5.74, 6) is -1.40. The summed E-state index contributed by atoms with van der Waals surface area (Å²) in [5, 5.41) is 11.5. The molecule has 1 aliphatic carbocycles. The molecule has 1 rings (SSSR count). The highest BCUT2D eigenvalue weighted by Gasteiger charge is 2.33. The molecule has 0 bridgehead atoms. The standard InChI is InChI=1S/C11H18F2N2O3/c1-15(6-9(12)13)11(18)14-5-7-3-2-4-8(7)10(16)17/h7-9H,2-6H2,1H3,(H,14,18)(H,16,17). The van der Waals surface area contributed by atoms with E-state index in [1.807, 2.05) is 0 Å². The van der Waals surface area contributed by atoms with Gasteiger partial charge in [0, 0.05) is 13.6 Å². The molecule has 0 spiro atoms. The van der Waals surface area contributed by atoms with Crippen LogP contribution in [0.1, 0.15) is 19.3 Å². The van der Waals surface area contributed by atoms with E-state index in [-0.39, 0.29) is 12.5 Å². The van der Waals surface area contributed by atoms with Crippen molar-refractivity contribution < 1.29 is 23.5 Å². The number of carbonyl (C=O) groups is 2. The molecule has 0 heterocycles. The highest BCUT2D eigenvalue weighted by Crippen LogP contribution is 2.31. The van der Waals surface area contributed by atoms with Gasteiger partial charge in [-0.25, -0.2) is 13.6 Å². The van der Waals surface area contributed by atoms with E-state index in [2.05, 4.69) is 5.32 Å². The van der Waals surface area contributed by atoms with Crippen molar-refractivity contribution in [2.45, 2.75) is 25.7 Å². The van der Waals surface area contributed by atoms with Gasteiger partial charge in [0.1, 0.15) is 0 Å². The first kappa shape index (κ1) is 14.7. The summed E-state index contributed by atoms with van der Waals surface area (Å²) in [5.41, 5.74) is 0. The molecule has 2 atom stereocenters. The van der Waals surface area contributed by atoms with Gasteiger partial charge in [0.25, 0.3) is 6.43 Å². The zero-order valence-corrected chi connectivity index (χ0v) is 10.2. The molecule has 0 aliphatic heterocycles. The Morgan fingerprint density at radius 1 is 1.44 bits per heavy atom. The maximum absolute atomic E-state index is 12.1. The first-order valence-electron chi connectivity index (χ1n) is 5.91. The number of aliphatic carboxylic acids is 1. The van der Waals surface area contributed by atoms with Crippen LogP contribution in [0.15, 0.2) is 0 Å². The number of halogens is 2. The lowest BCUT2D eigenvalue weighted by molar-refractivity contribution is -0.142. The third-order valence-corrected chi connectivity index (χ3v) is 3.25. The van der Waals surface area contributed by atoms with Gasteiger partial charge in [-0.3, -0.25) is 4.79 Å². The van der Waals surface area contributed by atoms with Crippen LogP contribution in [-0.4, -0.2) is 48.6 Å². The quantitative estimate of drug-likeness (QED) is 0.788. The van der Waals surface area contributed by atoms with Gasteiger partial charge in [-0.15, -0.1) is 0 Å². The minimum absolute atomic E-state index is 0.105. The minimum Gasteiger partial charge on any atom is -0.481 e. The van der Waals surface area contributed by atoms with Crippen LogP contribution in [0.3, 0.4) is 0 Å². The fraction of sp³-hybridized carbons (Fsp3) is 0.818. The Balaban J connectivity index is 2.36. The Morgan fingerprint density at radius 2 is 2.11 bits per heavy atom. The van der Waals surface area contributed by atoms with Gasteiger partial charge in [0.15, 0.2) is 0 Å². The third kappa shape index (κ3) is 4.12. The average molecular weight is 264 g/mol. The largest absolute Gasteiger partial charge is 0.481 e. The van der Waals surface area contributed by atoms with Crippen LogP contribution in [0.25, 0.3) is 0 Å².